The molecule has 0 aromatic heterocycles. The number of nitrogens with zero attached hydrogens (tertiary/aromatic N) is 1. The second-order valence-corrected chi connectivity index (χ2v) is 6.61. The number of methoxy groups -OCH3 is 1. The molecule has 0 spiro atoms. The van der Waals surface area contributed by atoms with Crippen molar-refractivity contribution in [3.05, 3.63) is 52.3 Å². The van der Waals surface area contributed by atoms with Gasteiger partial charge in [0.25, 0.3) is 5.91 Å². The highest BCUT2D eigenvalue weighted by Crippen LogP contribution is 2.36. The molecule has 5 nitrogen and oxygen atoms in total. The minimum atomic E-state index is -0.773. The fourth-order valence-electron chi connectivity index (χ4n) is 2.87. The normalized spacial score (nSPS) is 17.0. The first-order valence-electron chi connectivity index (χ1n) is 8.05. The first-order chi connectivity index (χ1) is 12.3. The van der Waals surface area contributed by atoms with Gasteiger partial charge >= 0.3 is 0 Å². The molecule has 7 heteroatoms. The number of carbonyl (C=O) groups excluding carboxylic acids is 2. The average Bonchev–Trinajstić information content (AvgIpc) is 2.87. The van der Waals surface area contributed by atoms with Crippen LogP contribution in [0.25, 0.3) is 0 Å². The Bertz CT molecular complexity index is 901. The molecule has 2 amide bonds. The number of hydrogen-bond acceptors (Lipinski definition) is 4. The maximum absolute atomic E-state index is 13.7. The van der Waals surface area contributed by atoms with E-state index in [-0.39, 0.29) is 18.1 Å². The lowest BCUT2D eigenvalue weighted by Gasteiger charge is -2.20. The van der Waals surface area contributed by atoms with Crippen LogP contribution in [0.4, 0.5) is 15.8 Å². The molecule has 0 radical (unpaired) electrons. The molecule has 26 heavy (non-hydrogen) atoms. The molecule has 1 heterocycles. The molecule has 2 aromatic carbocycles. The summed E-state index contributed by atoms with van der Waals surface area (Å²) >= 11 is 6.09. The van der Waals surface area contributed by atoms with Crippen LogP contribution >= 0.6 is 11.6 Å². The van der Waals surface area contributed by atoms with Gasteiger partial charge in [0.2, 0.25) is 5.91 Å². The summed E-state index contributed by atoms with van der Waals surface area (Å²) in [4.78, 5) is 26.4. The molecule has 1 aliphatic heterocycles. The zero-order chi connectivity index (χ0) is 19.0. The van der Waals surface area contributed by atoms with E-state index in [1.54, 1.807) is 38.1 Å². The third-order valence-electron chi connectivity index (χ3n) is 4.36. The van der Waals surface area contributed by atoms with Gasteiger partial charge in [0.1, 0.15) is 17.6 Å². The van der Waals surface area contributed by atoms with Crippen LogP contribution in [0.2, 0.25) is 5.02 Å². The van der Waals surface area contributed by atoms with Crippen LogP contribution in [0.3, 0.4) is 0 Å². The molecule has 2 aromatic rings. The Hall–Kier alpha value is -2.60. The predicted octanol–water partition coefficient (Wildman–Crippen LogP) is 3.85. The van der Waals surface area contributed by atoms with E-state index < -0.39 is 11.9 Å². The number of aryl methyl sites for hydroxylation is 2. The summed E-state index contributed by atoms with van der Waals surface area (Å²) in [5.41, 5.74) is 2.02. The maximum atomic E-state index is 13.7. The van der Waals surface area contributed by atoms with Crippen molar-refractivity contribution in [2.24, 2.45) is 0 Å². The Morgan fingerprint density at radius 1 is 1.19 bits per heavy atom. The summed E-state index contributed by atoms with van der Waals surface area (Å²) in [7, 11) is 1.44. The second-order valence-electron chi connectivity index (χ2n) is 6.21. The van der Waals surface area contributed by atoms with Crippen molar-refractivity contribution in [3.63, 3.8) is 0 Å². The largest absolute Gasteiger partial charge is 0.495 e. The van der Waals surface area contributed by atoms with Gasteiger partial charge in [0.15, 0.2) is 0 Å². The summed E-state index contributed by atoms with van der Waals surface area (Å²) < 4.78 is 19.0. The van der Waals surface area contributed by atoms with Crippen LogP contribution in [0.5, 0.6) is 5.75 Å². The lowest BCUT2D eigenvalue weighted by atomic mass is 10.1. The average molecular weight is 377 g/mol. The van der Waals surface area contributed by atoms with Gasteiger partial charge < -0.3 is 10.1 Å². The molecule has 0 saturated carbocycles. The van der Waals surface area contributed by atoms with E-state index in [2.05, 4.69) is 5.32 Å². The second kappa shape index (κ2) is 6.96. The lowest BCUT2D eigenvalue weighted by molar-refractivity contribution is -0.121. The zero-order valence-electron chi connectivity index (χ0n) is 14.6. The van der Waals surface area contributed by atoms with E-state index in [4.69, 9.17) is 16.3 Å². The van der Waals surface area contributed by atoms with Crippen molar-refractivity contribution < 1.29 is 18.7 Å². The highest BCUT2D eigenvalue weighted by atomic mass is 35.5. The molecule has 1 saturated heterocycles. The van der Waals surface area contributed by atoms with E-state index in [9.17, 15) is 14.0 Å². The molecule has 136 valence electrons. The first kappa shape index (κ1) is 18.2. The van der Waals surface area contributed by atoms with E-state index in [0.29, 0.717) is 27.7 Å². The first-order valence-corrected chi connectivity index (χ1v) is 8.43. The van der Waals surface area contributed by atoms with Crippen molar-refractivity contribution in [1.82, 2.24) is 0 Å². The van der Waals surface area contributed by atoms with E-state index in [1.807, 2.05) is 0 Å². The number of rotatable bonds is 4. The number of ether oxygens (including phenoxy) is 1. The molecule has 3 rings (SSSR count). The molecule has 0 unspecified atom stereocenters. The van der Waals surface area contributed by atoms with Gasteiger partial charge in [-0.05, 0) is 43.2 Å². The van der Waals surface area contributed by atoms with E-state index in [0.717, 1.165) is 10.5 Å². The topological polar surface area (TPSA) is 58.6 Å². The number of halogens is 2. The van der Waals surface area contributed by atoms with Gasteiger partial charge in [-0.1, -0.05) is 17.7 Å². The number of nitrogens with one attached hydrogen (secondary N) is 1. The fourth-order valence-corrected chi connectivity index (χ4v) is 3.02. The minimum absolute atomic E-state index is 0.0286. The molecule has 1 N–H and O–H groups in total. The van der Waals surface area contributed by atoms with Gasteiger partial charge in [-0.15, -0.1) is 0 Å². The van der Waals surface area contributed by atoms with Gasteiger partial charge in [-0.2, -0.15) is 0 Å². The van der Waals surface area contributed by atoms with Crippen LogP contribution < -0.4 is 15.0 Å². The Morgan fingerprint density at radius 2 is 1.92 bits per heavy atom. The van der Waals surface area contributed by atoms with Gasteiger partial charge in [-0.25, -0.2) is 9.29 Å². The molecule has 0 bridgehead atoms. The highest BCUT2D eigenvalue weighted by Gasteiger charge is 2.41. The standard InChI is InChI=1S/C19H18ClFN2O3/c1-10-4-5-12(7-14(10)21)22-15-9-18(24)23(19(15)25)16-6-11(2)13(20)8-17(16)26-3/h4-8,15,22H,9H2,1-3H3/t15-/m0/s1. The number of imide groups is 1. The summed E-state index contributed by atoms with van der Waals surface area (Å²) in [5.74, 6) is -0.820. The van der Waals surface area contributed by atoms with Crippen molar-refractivity contribution >= 4 is 34.8 Å². The molecule has 1 fully saturated rings. The third kappa shape index (κ3) is 3.24. The Balaban J connectivity index is 1.90. The molecule has 0 aliphatic carbocycles. The fraction of sp³-hybridized carbons (Fsp3) is 0.263. The van der Waals surface area contributed by atoms with Crippen LogP contribution in [0.1, 0.15) is 17.5 Å². The van der Waals surface area contributed by atoms with Crippen molar-refractivity contribution in [2.75, 3.05) is 17.3 Å². The summed E-state index contributed by atoms with van der Waals surface area (Å²) in [5, 5.41) is 3.41. The molecule has 1 aliphatic rings. The number of anilines is 2. The summed E-state index contributed by atoms with van der Waals surface area (Å²) in [6.45, 7) is 3.43. The van der Waals surface area contributed by atoms with Gasteiger partial charge in [0, 0.05) is 16.8 Å². The lowest BCUT2D eigenvalue weighted by Crippen LogP contribution is -2.35. The molecule has 1 atom stereocenters. The number of hydrogen-bond donors (Lipinski definition) is 1. The third-order valence-corrected chi connectivity index (χ3v) is 4.77. The van der Waals surface area contributed by atoms with Crippen LogP contribution in [0.15, 0.2) is 30.3 Å². The van der Waals surface area contributed by atoms with Gasteiger partial charge in [0.05, 0.1) is 19.2 Å². The number of amides is 2. The SMILES string of the molecule is COc1cc(Cl)c(C)cc1N1C(=O)C[C@H](Nc2ccc(C)c(F)c2)C1=O. The van der Waals surface area contributed by atoms with E-state index in [1.165, 1.54) is 13.2 Å². The highest BCUT2D eigenvalue weighted by molar-refractivity contribution is 6.32. The smallest absolute Gasteiger partial charge is 0.256 e. The molecular formula is C19H18ClFN2O3. The van der Waals surface area contributed by atoms with Crippen LogP contribution in [-0.2, 0) is 9.59 Å². The Labute approximate surface area is 155 Å². The summed E-state index contributed by atoms with van der Waals surface area (Å²) in [6, 6.07) is 7.04. The van der Waals surface area contributed by atoms with Crippen LogP contribution in [0, 0.1) is 19.7 Å². The van der Waals surface area contributed by atoms with Crippen LogP contribution in [-0.4, -0.2) is 25.0 Å². The molecular weight excluding hydrogens is 359 g/mol. The van der Waals surface area contributed by atoms with Crippen molar-refractivity contribution in [2.45, 2.75) is 26.3 Å². The van der Waals surface area contributed by atoms with Crippen molar-refractivity contribution in [1.29, 1.82) is 0 Å². The number of benzene rings is 2. The Morgan fingerprint density at radius 3 is 2.58 bits per heavy atom. The maximum Gasteiger partial charge on any atom is 0.256 e. The van der Waals surface area contributed by atoms with E-state index >= 15 is 0 Å². The quantitative estimate of drug-likeness (QED) is 0.823. The zero-order valence-corrected chi connectivity index (χ0v) is 15.4. The monoisotopic (exact) mass is 376 g/mol. The Kier molecular flexibility index (Phi) is 4.87. The van der Waals surface area contributed by atoms with Crippen molar-refractivity contribution in [3.8, 4) is 5.75 Å². The van der Waals surface area contributed by atoms with Gasteiger partial charge in [-0.3, -0.25) is 9.59 Å². The number of carbonyl (C=O) groups is 2. The minimum Gasteiger partial charge on any atom is -0.495 e. The predicted molar refractivity (Wildman–Crippen MR) is 98.4 cm³/mol. The summed E-state index contributed by atoms with van der Waals surface area (Å²) in [6.07, 6.45) is -0.0286.